The summed E-state index contributed by atoms with van der Waals surface area (Å²) in [5, 5.41) is 7.13. The van der Waals surface area contributed by atoms with E-state index in [4.69, 9.17) is 0 Å². The molecule has 7 aromatic carbocycles. The predicted molar refractivity (Wildman–Crippen MR) is 197 cm³/mol. The van der Waals surface area contributed by atoms with Crippen molar-refractivity contribution in [2.45, 2.75) is 24.2 Å². The fraction of sp³-hybridized carbons (Fsp3) is 0.0698. The maximum Gasteiger partial charge on any atom is 0.0594 e. The minimum atomic E-state index is -0.168. The maximum atomic E-state index is 2.44. The summed E-state index contributed by atoms with van der Waals surface area (Å²) in [6, 6.07) is 53.4. The molecule has 0 radical (unpaired) electrons. The molecule has 0 saturated carbocycles. The second-order valence-corrected chi connectivity index (χ2v) is 13.6. The van der Waals surface area contributed by atoms with Crippen LogP contribution in [0.5, 0.6) is 0 Å². The molecule has 0 N–H and O–H groups in total. The van der Waals surface area contributed by atoms with Crippen molar-refractivity contribution in [1.29, 1.82) is 0 Å². The molecule has 220 valence electrons. The monoisotopic (exact) mass is 608 g/mol. The van der Waals surface area contributed by atoms with Gasteiger partial charge in [0, 0.05) is 39.0 Å². The van der Waals surface area contributed by atoms with Crippen LogP contribution in [0.3, 0.4) is 0 Å². The number of rotatable bonds is 4. The summed E-state index contributed by atoms with van der Waals surface area (Å²) in [4.78, 5) is 6.03. The number of thioether (sulfide) groups is 1. The Balaban J connectivity index is 1.19. The van der Waals surface area contributed by atoms with Crippen LogP contribution >= 0.6 is 11.8 Å². The van der Waals surface area contributed by atoms with Crippen LogP contribution in [0.1, 0.15) is 25.0 Å². The third-order valence-corrected chi connectivity index (χ3v) is 10.6. The van der Waals surface area contributed by atoms with E-state index in [2.05, 4.69) is 181 Å². The highest BCUT2D eigenvalue weighted by molar-refractivity contribution is 8.02. The van der Waals surface area contributed by atoms with Gasteiger partial charge in [-0.15, -0.1) is 0 Å². The van der Waals surface area contributed by atoms with Gasteiger partial charge < -0.3 is 9.80 Å². The molecule has 3 heteroatoms. The quantitative estimate of drug-likeness (QED) is 0.196. The fourth-order valence-electron chi connectivity index (χ4n) is 7.37. The molecule has 1 aliphatic heterocycles. The Morgan fingerprint density at radius 1 is 0.565 bits per heavy atom. The van der Waals surface area contributed by atoms with Crippen molar-refractivity contribution in [3.63, 3.8) is 0 Å². The molecule has 1 aliphatic carbocycles. The molecule has 0 amide bonds. The van der Waals surface area contributed by atoms with Crippen LogP contribution in [0, 0.1) is 0 Å². The van der Waals surface area contributed by atoms with Crippen LogP contribution < -0.4 is 9.80 Å². The minimum absolute atomic E-state index is 0.168. The number of para-hydroxylation sites is 1. The molecule has 0 unspecified atom stereocenters. The van der Waals surface area contributed by atoms with E-state index < -0.39 is 0 Å². The Morgan fingerprint density at radius 2 is 1.24 bits per heavy atom. The molecule has 0 atom stereocenters. The molecule has 0 fully saturated rings. The highest BCUT2D eigenvalue weighted by Gasteiger charge is 2.37. The van der Waals surface area contributed by atoms with Crippen LogP contribution in [-0.4, -0.2) is 0 Å². The van der Waals surface area contributed by atoms with E-state index in [1.165, 1.54) is 65.8 Å². The normalized spacial score (nSPS) is 14.3. The zero-order chi connectivity index (χ0) is 30.8. The van der Waals surface area contributed by atoms with Crippen LogP contribution in [-0.2, 0) is 5.41 Å². The SMILES string of the molecule is CC1(C)c2cc(N3C=CSc4ccccc43)ccc2-c2ccc(N(c3ccc4ccccc4c3)c3cccc4ccccc34)cc21. The first-order chi connectivity index (χ1) is 22.6. The second kappa shape index (κ2) is 10.4. The molecule has 46 heavy (non-hydrogen) atoms. The van der Waals surface area contributed by atoms with E-state index in [-0.39, 0.29) is 5.41 Å². The van der Waals surface area contributed by atoms with E-state index in [0.717, 1.165) is 11.4 Å². The largest absolute Gasteiger partial charge is 0.316 e. The van der Waals surface area contributed by atoms with E-state index in [9.17, 15) is 0 Å². The number of benzene rings is 7. The van der Waals surface area contributed by atoms with E-state index >= 15 is 0 Å². The van der Waals surface area contributed by atoms with E-state index in [1.54, 1.807) is 11.8 Å². The van der Waals surface area contributed by atoms with Crippen molar-refractivity contribution < 1.29 is 0 Å². The zero-order valence-electron chi connectivity index (χ0n) is 25.8. The number of anilines is 5. The molecule has 7 aromatic rings. The Labute approximate surface area is 274 Å². The zero-order valence-corrected chi connectivity index (χ0v) is 26.6. The summed E-state index contributed by atoms with van der Waals surface area (Å²) in [7, 11) is 0. The fourth-order valence-corrected chi connectivity index (χ4v) is 8.15. The lowest BCUT2D eigenvalue weighted by molar-refractivity contribution is 0.660. The minimum Gasteiger partial charge on any atom is -0.316 e. The first-order valence-corrected chi connectivity index (χ1v) is 16.7. The molecule has 0 spiro atoms. The molecule has 1 heterocycles. The number of nitrogens with zero attached hydrogens (tertiary/aromatic N) is 2. The molecule has 2 aliphatic rings. The molecular formula is C43H32N2S. The molecule has 0 saturated heterocycles. The van der Waals surface area contributed by atoms with E-state index in [1.807, 2.05) is 0 Å². The first kappa shape index (κ1) is 27.1. The molecule has 0 bridgehead atoms. The van der Waals surface area contributed by atoms with Crippen molar-refractivity contribution >= 4 is 61.7 Å². The Hall–Kier alpha value is -5.25. The van der Waals surface area contributed by atoms with E-state index in [0.29, 0.717) is 0 Å². The lowest BCUT2D eigenvalue weighted by atomic mass is 9.82. The third kappa shape index (κ3) is 4.19. The van der Waals surface area contributed by atoms with Crippen LogP contribution in [0.15, 0.2) is 162 Å². The van der Waals surface area contributed by atoms with Crippen LogP contribution in [0.2, 0.25) is 0 Å². The van der Waals surface area contributed by atoms with Crippen molar-refractivity contribution in [1.82, 2.24) is 0 Å². The summed E-state index contributed by atoms with van der Waals surface area (Å²) >= 11 is 1.78. The third-order valence-electron chi connectivity index (χ3n) is 9.71. The summed E-state index contributed by atoms with van der Waals surface area (Å²) in [6.45, 7) is 4.75. The van der Waals surface area contributed by atoms with Gasteiger partial charge in [-0.05, 0) is 98.4 Å². The summed E-state index contributed by atoms with van der Waals surface area (Å²) < 4.78 is 0. The van der Waals surface area contributed by atoms with Crippen molar-refractivity contribution in [2.75, 3.05) is 9.80 Å². The van der Waals surface area contributed by atoms with Gasteiger partial charge >= 0.3 is 0 Å². The molecule has 9 rings (SSSR count). The summed E-state index contributed by atoms with van der Waals surface area (Å²) in [5.74, 6) is 0. The van der Waals surface area contributed by atoms with Gasteiger partial charge in [-0.1, -0.05) is 117 Å². The van der Waals surface area contributed by atoms with Gasteiger partial charge in [-0.2, -0.15) is 0 Å². The number of hydrogen-bond acceptors (Lipinski definition) is 3. The topological polar surface area (TPSA) is 6.48 Å². The molecule has 0 aromatic heterocycles. The molecule has 2 nitrogen and oxygen atoms in total. The second-order valence-electron chi connectivity index (χ2n) is 12.7. The van der Waals surface area contributed by atoms with Gasteiger partial charge in [-0.25, -0.2) is 0 Å². The van der Waals surface area contributed by atoms with Crippen molar-refractivity contribution in [2.24, 2.45) is 0 Å². The van der Waals surface area contributed by atoms with Gasteiger partial charge in [-0.3, -0.25) is 0 Å². The maximum absolute atomic E-state index is 2.44. The number of fused-ring (bicyclic) bond motifs is 6. The van der Waals surface area contributed by atoms with Crippen LogP contribution in [0.4, 0.5) is 28.4 Å². The lowest BCUT2D eigenvalue weighted by Gasteiger charge is -2.30. The Bertz CT molecular complexity index is 2350. The van der Waals surface area contributed by atoms with Gasteiger partial charge in [0.1, 0.15) is 0 Å². The van der Waals surface area contributed by atoms with Crippen molar-refractivity contribution in [3.8, 4) is 11.1 Å². The van der Waals surface area contributed by atoms with Crippen LogP contribution in [0.25, 0.3) is 32.7 Å². The summed E-state index contributed by atoms with van der Waals surface area (Å²) in [5.41, 5.74) is 11.1. The van der Waals surface area contributed by atoms with Gasteiger partial charge in [0.2, 0.25) is 0 Å². The smallest absolute Gasteiger partial charge is 0.0594 e. The average molecular weight is 609 g/mol. The predicted octanol–water partition coefficient (Wildman–Crippen LogP) is 12.5. The van der Waals surface area contributed by atoms with Gasteiger partial charge in [0.25, 0.3) is 0 Å². The standard InChI is InChI=1S/C43H32N2S/c1-43(2)38-27-32(44-24-25-46-42-17-8-7-15-41(42)44)20-22-36(38)37-23-21-34(28-39(37)43)45(33-19-18-29-10-3-4-12-31(29)26-33)40-16-9-13-30-11-5-6-14-35(30)40/h3-28H,1-2H3. The van der Waals surface area contributed by atoms with Gasteiger partial charge in [0.15, 0.2) is 0 Å². The van der Waals surface area contributed by atoms with Crippen molar-refractivity contribution in [3.05, 3.63) is 168 Å². The van der Waals surface area contributed by atoms with Gasteiger partial charge in [0.05, 0.1) is 11.4 Å². The molecular weight excluding hydrogens is 577 g/mol. The number of hydrogen-bond donors (Lipinski definition) is 0. The highest BCUT2D eigenvalue weighted by Crippen LogP contribution is 2.53. The Morgan fingerprint density at radius 3 is 2.13 bits per heavy atom. The highest BCUT2D eigenvalue weighted by atomic mass is 32.2. The first-order valence-electron chi connectivity index (χ1n) is 15.8. The average Bonchev–Trinajstić information content (AvgIpc) is 3.33. The summed E-state index contributed by atoms with van der Waals surface area (Å²) in [6.07, 6.45) is 2.19. The lowest BCUT2D eigenvalue weighted by Crippen LogP contribution is -2.18. The Kier molecular flexibility index (Phi) is 6.13.